The zero-order chi connectivity index (χ0) is 27.0. The SMILES string of the molecule is CCCNC(=O)[C@@H](C)N(Cc1ccccc1)C(=O)CN(c1cccc(Cl)c1)S(=O)(=O)c1ccc(C)cc1. The Morgan fingerprint density at radius 2 is 1.65 bits per heavy atom. The van der Waals surface area contributed by atoms with Gasteiger partial charge in [0.25, 0.3) is 10.0 Å². The average Bonchev–Trinajstić information content (AvgIpc) is 2.89. The predicted octanol–water partition coefficient (Wildman–Crippen LogP) is 4.79. The zero-order valence-corrected chi connectivity index (χ0v) is 22.8. The van der Waals surface area contributed by atoms with Crippen LogP contribution in [-0.4, -0.2) is 44.3 Å². The maximum Gasteiger partial charge on any atom is 0.264 e. The molecule has 196 valence electrons. The first-order valence-electron chi connectivity index (χ1n) is 12.1. The van der Waals surface area contributed by atoms with E-state index >= 15 is 0 Å². The molecule has 0 aromatic heterocycles. The molecule has 3 aromatic rings. The first kappa shape index (κ1) is 28.2. The number of nitrogens with one attached hydrogen (secondary N) is 1. The second-order valence-electron chi connectivity index (χ2n) is 8.78. The molecule has 2 amide bonds. The van der Waals surface area contributed by atoms with Crippen LogP contribution in [0.5, 0.6) is 0 Å². The van der Waals surface area contributed by atoms with Crippen LogP contribution in [0.2, 0.25) is 5.02 Å². The summed E-state index contributed by atoms with van der Waals surface area (Å²) in [5.74, 6) is -0.819. The Bertz CT molecular complexity index is 1310. The number of hydrogen-bond donors (Lipinski definition) is 1. The minimum Gasteiger partial charge on any atom is -0.354 e. The highest BCUT2D eigenvalue weighted by Gasteiger charge is 2.32. The van der Waals surface area contributed by atoms with E-state index in [1.54, 1.807) is 37.3 Å². The van der Waals surface area contributed by atoms with Crippen LogP contribution in [0.3, 0.4) is 0 Å². The highest BCUT2D eigenvalue weighted by atomic mass is 35.5. The van der Waals surface area contributed by atoms with Crippen molar-refractivity contribution in [1.82, 2.24) is 10.2 Å². The van der Waals surface area contributed by atoms with Gasteiger partial charge in [0.15, 0.2) is 0 Å². The predicted molar refractivity (Wildman–Crippen MR) is 147 cm³/mol. The topological polar surface area (TPSA) is 86.8 Å². The zero-order valence-electron chi connectivity index (χ0n) is 21.2. The van der Waals surface area contributed by atoms with Gasteiger partial charge in [-0.25, -0.2) is 8.42 Å². The molecule has 3 aromatic carbocycles. The Morgan fingerprint density at radius 1 is 0.973 bits per heavy atom. The average molecular weight is 542 g/mol. The number of amides is 2. The molecule has 1 atom stereocenters. The molecule has 3 rings (SSSR count). The number of carbonyl (C=O) groups excluding carboxylic acids is 2. The van der Waals surface area contributed by atoms with Crippen molar-refractivity contribution in [1.29, 1.82) is 0 Å². The Morgan fingerprint density at radius 3 is 2.27 bits per heavy atom. The largest absolute Gasteiger partial charge is 0.354 e. The summed E-state index contributed by atoms with van der Waals surface area (Å²) in [7, 11) is -4.12. The molecule has 0 saturated carbocycles. The molecule has 0 bridgehead atoms. The number of halogens is 1. The summed E-state index contributed by atoms with van der Waals surface area (Å²) in [6.45, 7) is 5.57. The van der Waals surface area contributed by atoms with Gasteiger partial charge in [0.1, 0.15) is 12.6 Å². The van der Waals surface area contributed by atoms with Gasteiger partial charge >= 0.3 is 0 Å². The van der Waals surface area contributed by atoms with E-state index in [0.29, 0.717) is 11.6 Å². The maximum atomic E-state index is 13.8. The molecule has 0 aliphatic carbocycles. The molecule has 0 fully saturated rings. The Kier molecular flexibility index (Phi) is 9.72. The maximum absolute atomic E-state index is 13.8. The fourth-order valence-corrected chi connectivity index (χ4v) is 5.35. The fraction of sp³-hybridized carbons (Fsp3) is 0.286. The molecule has 37 heavy (non-hydrogen) atoms. The number of anilines is 1. The highest BCUT2D eigenvalue weighted by Crippen LogP contribution is 2.27. The summed E-state index contributed by atoms with van der Waals surface area (Å²) in [6, 6.07) is 21.2. The Hall–Kier alpha value is -3.36. The van der Waals surface area contributed by atoms with Gasteiger partial charge in [-0.05, 0) is 56.2 Å². The molecule has 0 unspecified atom stereocenters. The van der Waals surface area contributed by atoms with Gasteiger partial charge in [-0.1, -0.05) is 72.6 Å². The highest BCUT2D eigenvalue weighted by molar-refractivity contribution is 7.92. The van der Waals surface area contributed by atoms with Crippen LogP contribution in [0.25, 0.3) is 0 Å². The van der Waals surface area contributed by atoms with Crippen LogP contribution in [0, 0.1) is 6.92 Å². The third-order valence-electron chi connectivity index (χ3n) is 5.90. The number of sulfonamides is 1. The van der Waals surface area contributed by atoms with Crippen molar-refractivity contribution in [2.24, 2.45) is 0 Å². The van der Waals surface area contributed by atoms with Crippen molar-refractivity contribution in [3.63, 3.8) is 0 Å². The molecular weight excluding hydrogens is 510 g/mol. The van der Waals surface area contributed by atoms with E-state index in [1.807, 2.05) is 44.2 Å². The fourth-order valence-electron chi connectivity index (χ4n) is 3.76. The molecule has 9 heteroatoms. The molecule has 0 radical (unpaired) electrons. The van der Waals surface area contributed by atoms with E-state index in [2.05, 4.69) is 5.32 Å². The standard InChI is InChI=1S/C28H32ClN3O4S/c1-4-17-30-28(34)22(3)31(19-23-9-6-5-7-10-23)27(33)20-32(25-12-8-11-24(29)18-25)37(35,36)26-15-13-21(2)14-16-26/h5-16,18,22H,4,17,19-20H2,1-3H3,(H,30,34)/t22-/m1/s1. The van der Waals surface area contributed by atoms with Gasteiger partial charge < -0.3 is 10.2 Å². The van der Waals surface area contributed by atoms with Gasteiger partial charge in [-0.15, -0.1) is 0 Å². The van der Waals surface area contributed by atoms with Gasteiger partial charge in [-0.2, -0.15) is 0 Å². The number of aryl methyl sites for hydroxylation is 1. The Labute approximate surface area is 224 Å². The minimum atomic E-state index is -4.12. The molecule has 0 heterocycles. The smallest absolute Gasteiger partial charge is 0.264 e. The molecule has 0 spiro atoms. The number of rotatable bonds is 11. The van der Waals surface area contributed by atoms with E-state index in [1.165, 1.54) is 23.1 Å². The van der Waals surface area contributed by atoms with Crippen LogP contribution in [0.1, 0.15) is 31.4 Å². The van der Waals surface area contributed by atoms with Gasteiger partial charge in [0.2, 0.25) is 11.8 Å². The third-order valence-corrected chi connectivity index (χ3v) is 7.92. The van der Waals surface area contributed by atoms with Gasteiger partial charge in [0.05, 0.1) is 10.6 Å². The summed E-state index contributed by atoms with van der Waals surface area (Å²) in [6.07, 6.45) is 0.752. The summed E-state index contributed by atoms with van der Waals surface area (Å²) in [5, 5.41) is 3.16. The van der Waals surface area contributed by atoms with E-state index in [0.717, 1.165) is 21.9 Å². The van der Waals surface area contributed by atoms with E-state index in [9.17, 15) is 18.0 Å². The molecule has 0 aliphatic heterocycles. The van der Waals surface area contributed by atoms with Crippen molar-refractivity contribution in [2.75, 3.05) is 17.4 Å². The normalized spacial score (nSPS) is 12.0. The minimum absolute atomic E-state index is 0.0502. The number of hydrogen-bond acceptors (Lipinski definition) is 4. The second-order valence-corrected chi connectivity index (χ2v) is 11.1. The lowest BCUT2D eigenvalue weighted by Gasteiger charge is -2.32. The first-order chi connectivity index (χ1) is 17.6. The van der Waals surface area contributed by atoms with Crippen molar-refractivity contribution in [2.45, 2.75) is 44.7 Å². The summed E-state index contributed by atoms with van der Waals surface area (Å²) in [5.41, 5.74) is 1.98. The molecule has 0 aliphatic rings. The monoisotopic (exact) mass is 541 g/mol. The summed E-state index contributed by atoms with van der Waals surface area (Å²) >= 11 is 6.18. The molecular formula is C28H32ClN3O4S. The van der Waals surface area contributed by atoms with Gasteiger partial charge in [-0.3, -0.25) is 13.9 Å². The first-order valence-corrected chi connectivity index (χ1v) is 13.9. The second kappa shape index (κ2) is 12.7. The van der Waals surface area contributed by atoms with Crippen LogP contribution in [0.4, 0.5) is 5.69 Å². The van der Waals surface area contributed by atoms with Crippen LogP contribution >= 0.6 is 11.6 Å². The van der Waals surface area contributed by atoms with Gasteiger partial charge in [0, 0.05) is 18.1 Å². The number of nitrogens with zero attached hydrogens (tertiary/aromatic N) is 2. The van der Waals surface area contributed by atoms with Crippen molar-refractivity contribution in [3.8, 4) is 0 Å². The lowest BCUT2D eigenvalue weighted by molar-refractivity contribution is -0.139. The van der Waals surface area contributed by atoms with Crippen molar-refractivity contribution >= 4 is 39.1 Å². The van der Waals surface area contributed by atoms with E-state index in [-0.39, 0.29) is 23.0 Å². The van der Waals surface area contributed by atoms with E-state index in [4.69, 9.17) is 11.6 Å². The lowest BCUT2D eigenvalue weighted by atomic mass is 10.1. The summed E-state index contributed by atoms with van der Waals surface area (Å²) in [4.78, 5) is 28.1. The molecule has 1 N–H and O–H groups in total. The van der Waals surface area contributed by atoms with Crippen LogP contribution in [-0.2, 0) is 26.2 Å². The number of benzene rings is 3. The van der Waals surface area contributed by atoms with E-state index < -0.39 is 28.5 Å². The third kappa shape index (κ3) is 7.33. The van der Waals surface area contributed by atoms with Crippen LogP contribution < -0.4 is 9.62 Å². The molecule has 0 saturated heterocycles. The Balaban J connectivity index is 2.00. The number of carbonyl (C=O) groups is 2. The molecule has 7 nitrogen and oxygen atoms in total. The lowest BCUT2D eigenvalue weighted by Crippen LogP contribution is -2.51. The van der Waals surface area contributed by atoms with Crippen LogP contribution in [0.15, 0.2) is 83.8 Å². The van der Waals surface area contributed by atoms with Crippen molar-refractivity contribution < 1.29 is 18.0 Å². The summed E-state index contributed by atoms with van der Waals surface area (Å²) < 4.78 is 28.5. The quantitative estimate of drug-likeness (QED) is 0.378. The van der Waals surface area contributed by atoms with Crippen molar-refractivity contribution in [3.05, 3.63) is 95.0 Å².